The first-order chi connectivity index (χ1) is 18.8. The number of pyridine rings is 1. The molecular formula is C28H25ClFN7O2. The Morgan fingerprint density at radius 3 is 2.51 bits per heavy atom. The van der Waals surface area contributed by atoms with E-state index in [0.29, 0.717) is 17.7 Å². The molecule has 198 valence electrons. The molecule has 5 aromatic rings. The van der Waals surface area contributed by atoms with Gasteiger partial charge in [-0.2, -0.15) is 10.2 Å². The SMILES string of the molecule is COC(=O)Nc1ccc(-c2cnn(C(Cc3ccn(C)n3)c3ccc(-c4c(N)ccc(Cl)c4F)cn3)c2)cc1. The number of methoxy groups -OCH3 is 1. The average Bonchev–Trinajstić information content (AvgIpc) is 3.59. The van der Waals surface area contributed by atoms with Gasteiger partial charge in [0.05, 0.1) is 35.8 Å². The summed E-state index contributed by atoms with van der Waals surface area (Å²) in [4.78, 5) is 16.1. The van der Waals surface area contributed by atoms with Crippen LogP contribution in [-0.4, -0.2) is 37.7 Å². The summed E-state index contributed by atoms with van der Waals surface area (Å²) in [6.07, 6.45) is 7.16. The van der Waals surface area contributed by atoms with Crippen molar-refractivity contribution in [2.75, 3.05) is 18.2 Å². The van der Waals surface area contributed by atoms with Gasteiger partial charge < -0.3 is 10.5 Å². The fourth-order valence-electron chi connectivity index (χ4n) is 4.29. The third-order valence-electron chi connectivity index (χ3n) is 6.29. The van der Waals surface area contributed by atoms with E-state index in [1.54, 1.807) is 41.3 Å². The highest BCUT2D eigenvalue weighted by molar-refractivity contribution is 6.31. The molecule has 1 unspecified atom stereocenters. The summed E-state index contributed by atoms with van der Waals surface area (Å²) < 4.78 is 23.0. The van der Waals surface area contributed by atoms with Crippen LogP contribution in [0, 0.1) is 5.82 Å². The number of nitrogens with two attached hydrogens (primary N) is 1. The molecule has 0 radical (unpaired) electrons. The number of carbonyl (C=O) groups is 1. The Bertz CT molecular complexity index is 1610. The van der Waals surface area contributed by atoms with Gasteiger partial charge in [-0.1, -0.05) is 29.8 Å². The van der Waals surface area contributed by atoms with Crippen LogP contribution in [0.2, 0.25) is 5.02 Å². The van der Waals surface area contributed by atoms with Gasteiger partial charge in [-0.25, -0.2) is 9.18 Å². The second-order valence-corrected chi connectivity index (χ2v) is 9.31. The van der Waals surface area contributed by atoms with Crippen molar-refractivity contribution in [3.05, 3.63) is 102 Å². The number of nitrogens with one attached hydrogen (secondary N) is 1. The maximum atomic E-state index is 14.7. The molecule has 0 aliphatic heterocycles. The molecule has 0 fully saturated rings. The van der Waals surface area contributed by atoms with Gasteiger partial charge in [0.1, 0.15) is 0 Å². The van der Waals surface area contributed by atoms with Crippen LogP contribution in [0.25, 0.3) is 22.3 Å². The summed E-state index contributed by atoms with van der Waals surface area (Å²) in [6.45, 7) is 0. The summed E-state index contributed by atoms with van der Waals surface area (Å²) in [5.41, 5.74) is 11.1. The second kappa shape index (κ2) is 11.0. The molecule has 0 aliphatic rings. The van der Waals surface area contributed by atoms with Gasteiger partial charge in [-0.15, -0.1) is 0 Å². The van der Waals surface area contributed by atoms with Crippen LogP contribution >= 0.6 is 11.6 Å². The lowest BCUT2D eigenvalue weighted by Gasteiger charge is -2.17. The lowest BCUT2D eigenvalue weighted by atomic mass is 10.0. The highest BCUT2D eigenvalue weighted by Gasteiger charge is 2.21. The van der Waals surface area contributed by atoms with Crippen LogP contribution in [0.3, 0.4) is 0 Å². The number of benzene rings is 2. The van der Waals surface area contributed by atoms with E-state index < -0.39 is 11.9 Å². The summed E-state index contributed by atoms with van der Waals surface area (Å²) in [6, 6.07) is 15.6. The van der Waals surface area contributed by atoms with E-state index in [4.69, 9.17) is 17.3 Å². The van der Waals surface area contributed by atoms with Crippen molar-refractivity contribution in [2.45, 2.75) is 12.5 Å². The van der Waals surface area contributed by atoms with Crippen molar-refractivity contribution in [2.24, 2.45) is 7.05 Å². The number of ether oxygens (including phenoxy) is 1. The lowest BCUT2D eigenvalue weighted by molar-refractivity contribution is 0.187. The summed E-state index contributed by atoms with van der Waals surface area (Å²) in [7, 11) is 3.17. The first-order valence-corrected chi connectivity index (χ1v) is 12.4. The number of anilines is 2. The Balaban J connectivity index is 1.46. The molecular weight excluding hydrogens is 521 g/mol. The van der Waals surface area contributed by atoms with E-state index in [0.717, 1.165) is 22.5 Å². The number of halogens is 2. The van der Waals surface area contributed by atoms with Crippen LogP contribution in [0.4, 0.5) is 20.6 Å². The van der Waals surface area contributed by atoms with E-state index in [1.807, 2.05) is 48.4 Å². The van der Waals surface area contributed by atoms with Crippen molar-refractivity contribution in [3.8, 4) is 22.3 Å². The van der Waals surface area contributed by atoms with E-state index >= 15 is 0 Å². The topological polar surface area (TPSA) is 113 Å². The average molecular weight is 546 g/mol. The van der Waals surface area contributed by atoms with Crippen LogP contribution in [0.5, 0.6) is 0 Å². The normalized spacial score (nSPS) is 11.8. The number of rotatable bonds is 7. The zero-order valence-electron chi connectivity index (χ0n) is 21.2. The molecule has 0 spiro atoms. The monoisotopic (exact) mass is 545 g/mol. The van der Waals surface area contributed by atoms with Gasteiger partial charge in [0.2, 0.25) is 0 Å². The van der Waals surface area contributed by atoms with Crippen LogP contribution in [-0.2, 0) is 18.2 Å². The molecule has 3 aromatic heterocycles. The Labute approximate surface area is 229 Å². The van der Waals surface area contributed by atoms with Crippen LogP contribution < -0.4 is 11.1 Å². The molecule has 0 saturated carbocycles. The molecule has 3 N–H and O–H groups in total. The van der Waals surface area contributed by atoms with Crippen molar-refractivity contribution in [3.63, 3.8) is 0 Å². The van der Waals surface area contributed by atoms with Crippen molar-refractivity contribution < 1.29 is 13.9 Å². The number of amides is 1. The quantitative estimate of drug-likeness (QED) is 0.252. The molecule has 39 heavy (non-hydrogen) atoms. The molecule has 9 nitrogen and oxygen atoms in total. The minimum Gasteiger partial charge on any atom is -0.453 e. The zero-order chi connectivity index (χ0) is 27.5. The fourth-order valence-corrected chi connectivity index (χ4v) is 4.44. The minimum atomic E-state index is -0.583. The first-order valence-electron chi connectivity index (χ1n) is 12.0. The molecule has 3 heterocycles. The highest BCUT2D eigenvalue weighted by Crippen LogP contribution is 2.33. The number of hydrogen-bond donors (Lipinski definition) is 2. The maximum absolute atomic E-state index is 14.7. The predicted molar refractivity (Wildman–Crippen MR) is 148 cm³/mol. The lowest BCUT2D eigenvalue weighted by Crippen LogP contribution is -2.16. The minimum absolute atomic E-state index is 0.00511. The van der Waals surface area contributed by atoms with E-state index in [9.17, 15) is 9.18 Å². The van der Waals surface area contributed by atoms with Gasteiger partial charge in [0.25, 0.3) is 0 Å². The standard InChI is InChI=1S/C28H25ClFN7O2/c1-36-12-11-21(35-36)13-25(24-10-5-18(14-32-24)26-23(31)9-8-22(29)27(26)30)37-16-19(15-33-37)17-3-6-20(7-4-17)34-28(38)39-2/h3-12,14-16,25H,13,31H2,1-2H3,(H,34,38). The third-order valence-corrected chi connectivity index (χ3v) is 6.58. The van der Waals surface area contributed by atoms with Gasteiger partial charge in [0, 0.05) is 60.1 Å². The number of aromatic nitrogens is 5. The Hall–Kier alpha value is -4.70. The molecule has 0 aliphatic carbocycles. The number of aryl methyl sites for hydroxylation is 1. The van der Waals surface area contributed by atoms with E-state index in [1.165, 1.54) is 13.2 Å². The largest absolute Gasteiger partial charge is 0.453 e. The van der Waals surface area contributed by atoms with Gasteiger partial charge >= 0.3 is 6.09 Å². The third kappa shape index (κ3) is 5.60. The number of nitrogen functional groups attached to an aromatic ring is 1. The van der Waals surface area contributed by atoms with Gasteiger partial charge in [0.15, 0.2) is 5.82 Å². The highest BCUT2D eigenvalue weighted by atomic mass is 35.5. The fraction of sp³-hybridized carbons (Fsp3) is 0.143. The van der Waals surface area contributed by atoms with E-state index in [-0.39, 0.29) is 22.3 Å². The summed E-state index contributed by atoms with van der Waals surface area (Å²) in [5, 5.41) is 11.8. The number of hydrogen-bond acceptors (Lipinski definition) is 6. The molecule has 0 saturated heterocycles. The zero-order valence-corrected chi connectivity index (χ0v) is 21.9. The smallest absolute Gasteiger partial charge is 0.411 e. The van der Waals surface area contributed by atoms with Gasteiger partial charge in [-0.3, -0.25) is 19.7 Å². The molecule has 11 heteroatoms. The van der Waals surface area contributed by atoms with Crippen LogP contribution in [0.1, 0.15) is 17.4 Å². The summed E-state index contributed by atoms with van der Waals surface area (Å²) in [5.74, 6) is -0.583. The Kier molecular flexibility index (Phi) is 7.29. The molecule has 0 bridgehead atoms. The molecule has 5 rings (SSSR count). The second-order valence-electron chi connectivity index (χ2n) is 8.90. The molecule has 1 amide bonds. The Morgan fingerprint density at radius 2 is 1.85 bits per heavy atom. The molecule has 2 aromatic carbocycles. The van der Waals surface area contributed by atoms with Gasteiger partial charge in [-0.05, 0) is 42.0 Å². The van der Waals surface area contributed by atoms with E-state index in [2.05, 4.69) is 25.2 Å². The van der Waals surface area contributed by atoms with Crippen LogP contribution in [0.15, 0.2) is 79.4 Å². The van der Waals surface area contributed by atoms with Crippen molar-refractivity contribution in [1.82, 2.24) is 24.5 Å². The predicted octanol–water partition coefficient (Wildman–Crippen LogP) is 5.73. The summed E-state index contributed by atoms with van der Waals surface area (Å²) >= 11 is 5.98. The first kappa shape index (κ1) is 25.9. The number of carbonyl (C=O) groups excluding carboxylic acids is 1. The van der Waals surface area contributed by atoms with Crippen molar-refractivity contribution >= 4 is 29.1 Å². The number of nitrogens with zero attached hydrogens (tertiary/aromatic N) is 5. The molecule has 1 atom stereocenters. The Morgan fingerprint density at radius 1 is 1.08 bits per heavy atom. The van der Waals surface area contributed by atoms with Crippen molar-refractivity contribution in [1.29, 1.82) is 0 Å². The maximum Gasteiger partial charge on any atom is 0.411 e.